The first-order chi connectivity index (χ1) is 14.2. The Morgan fingerprint density at radius 3 is 2.48 bits per heavy atom. The van der Waals surface area contributed by atoms with Crippen LogP contribution < -0.4 is 10.2 Å². The topological polar surface area (TPSA) is 60.5 Å². The fraction of sp³-hybridized carbons (Fsp3) is 0.0435. The van der Waals surface area contributed by atoms with Crippen LogP contribution in [0.3, 0.4) is 0 Å². The number of nitrogens with one attached hydrogen (secondary N) is 1. The van der Waals surface area contributed by atoms with Gasteiger partial charge in [0.15, 0.2) is 0 Å². The zero-order chi connectivity index (χ0) is 20.1. The second-order valence-electron chi connectivity index (χ2n) is 6.34. The first-order valence-corrected chi connectivity index (χ1v) is 9.13. The second kappa shape index (κ2) is 8.31. The van der Waals surface area contributed by atoms with Gasteiger partial charge < -0.3 is 13.9 Å². The van der Waals surface area contributed by atoms with Crippen molar-refractivity contribution in [2.75, 3.05) is 7.11 Å². The van der Waals surface area contributed by atoms with E-state index in [0.717, 1.165) is 22.8 Å². The molecule has 29 heavy (non-hydrogen) atoms. The molecule has 4 aromatic rings. The van der Waals surface area contributed by atoms with Crippen molar-refractivity contribution in [2.45, 2.75) is 0 Å². The van der Waals surface area contributed by atoms with Gasteiger partial charge in [0.2, 0.25) is 0 Å². The number of aromatic nitrogens is 2. The van der Waals surface area contributed by atoms with E-state index in [9.17, 15) is 4.79 Å². The summed E-state index contributed by atoms with van der Waals surface area (Å²) in [5, 5.41) is 4.13. The van der Waals surface area contributed by atoms with Crippen molar-refractivity contribution in [1.29, 1.82) is 0 Å². The number of methoxy groups -OCH3 is 1. The van der Waals surface area contributed by atoms with Gasteiger partial charge in [-0.3, -0.25) is 4.79 Å². The van der Waals surface area contributed by atoms with E-state index in [1.165, 1.54) is 0 Å². The maximum Gasteiger partial charge on any atom is 0.271 e. The van der Waals surface area contributed by atoms with Gasteiger partial charge in [0, 0.05) is 35.5 Å². The third-order valence-corrected chi connectivity index (χ3v) is 4.50. The van der Waals surface area contributed by atoms with Gasteiger partial charge in [-0.2, -0.15) is 5.10 Å². The van der Waals surface area contributed by atoms with E-state index < -0.39 is 0 Å². The van der Waals surface area contributed by atoms with Crippen molar-refractivity contribution in [2.24, 2.45) is 5.10 Å². The van der Waals surface area contributed by atoms with E-state index in [4.69, 9.17) is 4.74 Å². The van der Waals surface area contributed by atoms with Crippen molar-refractivity contribution in [3.05, 3.63) is 103 Å². The van der Waals surface area contributed by atoms with E-state index in [1.807, 2.05) is 94.5 Å². The average Bonchev–Trinajstić information content (AvgIpc) is 3.46. The first kappa shape index (κ1) is 18.3. The lowest BCUT2D eigenvalue weighted by molar-refractivity contribution is 0.0955. The molecule has 0 bridgehead atoms. The number of ether oxygens (including phenoxy) is 1. The average molecular weight is 384 g/mol. The molecule has 0 aliphatic carbocycles. The SMILES string of the molecule is COc1ccc(-n2cccc2/C=N/NC(=O)c2cccc(-n3cccc3)c2)cc1. The van der Waals surface area contributed by atoms with Crippen molar-refractivity contribution >= 4 is 12.1 Å². The van der Waals surface area contributed by atoms with Gasteiger partial charge in [0.25, 0.3) is 5.91 Å². The molecular formula is C23H20N4O2. The van der Waals surface area contributed by atoms with Crippen LogP contribution in [0.1, 0.15) is 16.1 Å². The predicted octanol–water partition coefficient (Wildman–Crippen LogP) is 4.04. The van der Waals surface area contributed by atoms with Crippen LogP contribution in [-0.4, -0.2) is 28.4 Å². The van der Waals surface area contributed by atoms with Crippen molar-refractivity contribution < 1.29 is 9.53 Å². The van der Waals surface area contributed by atoms with Gasteiger partial charge in [-0.1, -0.05) is 6.07 Å². The molecule has 0 aliphatic heterocycles. The Kier molecular flexibility index (Phi) is 5.25. The summed E-state index contributed by atoms with van der Waals surface area (Å²) in [7, 11) is 1.64. The summed E-state index contributed by atoms with van der Waals surface area (Å²) < 4.78 is 9.12. The quantitative estimate of drug-likeness (QED) is 0.403. The smallest absolute Gasteiger partial charge is 0.271 e. The van der Waals surface area contributed by atoms with Crippen LogP contribution in [0, 0.1) is 0 Å². The molecule has 0 saturated heterocycles. The van der Waals surface area contributed by atoms with Crippen LogP contribution >= 0.6 is 0 Å². The maximum atomic E-state index is 12.5. The van der Waals surface area contributed by atoms with Crippen molar-refractivity contribution in [1.82, 2.24) is 14.6 Å². The lowest BCUT2D eigenvalue weighted by Crippen LogP contribution is -2.18. The van der Waals surface area contributed by atoms with Crippen LogP contribution in [-0.2, 0) is 0 Å². The molecule has 0 radical (unpaired) electrons. The lowest BCUT2D eigenvalue weighted by atomic mass is 10.2. The molecule has 2 aromatic carbocycles. The number of nitrogens with zero attached hydrogens (tertiary/aromatic N) is 3. The first-order valence-electron chi connectivity index (χ1n) is 9.13. The molecule has 6 nitrogen and oxygen atoms in total. The number of carbonyl (C=O) groups is 1. The van der Waals surface area contributed by atoms with Gasteiger partial charge in [0.05, 0.1) is 19.0 Å². The van der Waals surface area contributed by atoms with Crippen LogP contribution in [0.25, 0.3) is 11.4 Å². The Balaban J connectivity index is 1.46. The molecule has 0 atom stereocenters. The lowest BCUT2D eigenvalue weighted by Gasteiger charge is -2.08. The highest BCUT2D eigenvalue weighted by molar-refractivity contribution is 5.95. The molecule has 1 N–H and O–H groups in total. The van der Waals surface area contributed by atoms with Crippen LogP contribution in [0.4, 0.5) is 0 Å². The van der Waals surface area contributed by atoms with E-state index in [1.54, 1.807) is 19.4 Å². The molecule has 0 unspecified atom stereocenters. The standard InChI is InChI=1S/C23H20N4O2/c1-29-22-11-9-19(10-12-22)27-15-5-8-21(27)17-24-25-23(28)18-6-4-7-20(16-18)26-13-2-3-14-26/h2-17H,1H3,(H,25,28)/b24-17+. The minimum absolute atomic E-state index is 0.266. The van der Waals surface area contributed by atoms with Crippen LogP contribution in [0.2, 0.25) is 0 Å². The number of hydrogen-bond acceptors (Lipinski definition) is 3. The number of rotatable bonds is 6. The molecule has 0 spiro atoms. The predicted molar refractivity (Wildman–Crippen MR) is 113 cm³/mol. The van der Waals surface area contributed by atoms with E-state index in [0.29, 0.717) is 5.56 Å². The zero-order valence-corrected chi connectivity index (χ0v) is 15.9. The Morgan fingerprint density at radius 1 is 0.931 bits per heavy atom. The minimum Gasteiger partial charge on any atom is -0.497 e. The number of hydrazone groups is 1. The fourth-order valence-corrected chi connectivity index (χ4v) is 3.01. The molecule has 0 aliphatic rings. The highest BCUT2D eigenvalue weighted by Gasteiger charge is 2.06. The fourth-order valence-electron chi connectivity index (χ4n) is 3.01. The third kappa shape index (κ3) is 4.11. The summed E-state index contributed by atoms with van der Waals surface area (Å²) in [6, 6.07) is 22.8. The summed E-state index contributed by atoms with van der Waals surface area (Å²) in [4.78, 5) is 12.5. The van der Waals surface area contributed by atoms with Gasteiger partial charge >= 0.3 is 0 Å². The third-order valence-electron chi connectivity index (χ3n) is 4.50. The Bertz CT molecular complexity index is 1130. The van der Waals surface area contributed by atoms with Crippen molar-refractivity contribution in [3.8, 4) is 17.1 Å². The molecule has 6 heteroatoms. The largest absolute Gasteiger partial charge is 0.497 e. The number of amides is 1. The van der Waals surface area contributed by atoms with Crippen LogP contribution in [0.5, 0.6) is 5.75 Å². The van der Waals surface area contributed by atoms with E-state index in [-0.39, 0.29) is 5.91 Å². The molecule has 4 rings (SSSR count). The highest BCUT2D eigenvalue weighted by atomic mass is 16.5. The van der Waals surface area contributed by atoms with Crippen molar-refractivity contribution in [3.63, 3.8) is 0 Å². The Labute approximate surface area is 168 Å². The van der Waals surface area contributed by atoms with Gasteiger partial charge in [-0.05, 0) is 66.7 Å². The molecular weight excluding hydrogens is 364 g/mol. The summed E-state index contributed by atoms with van der Waals surface area (Å²) in [5.41, 5.74) is 5.87. The summed E-state index contributed by atoms with van der Waals surface area (Å²) in [6.07, 6.45) is 7.43. The number of carbonyl (C=O) groups excluding carboxylic acids is 1. The highest BCUT2D eigenvalue weighted by Crippen LogP contribution is 2.16. The number of benzene rings is 2. The van der Waals surface area contributed by atoms with Gasteiger partial charge in [-0.15, -0.1) is 0 Å². The summed E-state index contributed by atoms with van der Waals surface area (Å²) in [6.45, 7) is 0. The zero-order valence-electron chi connectivity index (χ0n) is 15.9. The molecule has 2 aromatic heterocycles. The van der Waals surface area contributed by atoms with Gasteiger partial charge in [0.1, 0.15) is 5.75 Å². The molecule has 0 saturated carbocycles. The maximum absolute atomic E-state index is 12.5. The minimum atomic E-state index is -0.266. The monoisotopic (exact) mass is 384 g/mol. The number of hydrogen-bond donors (Lipinski definition) is 1. The molecule has 144 valence electrons. The molecule has 2 heterocycles. The Hall–Kier alpha value is -4.06. The van der Waals surface area contributed by atoms with E-state index in [2.05, 4.69) is 10.5 Å². The van der Waals surface area contributed by atoms with Crippen LogP contribution in [0.15, 0.2) is 96.5 Å². The molecule has 1 amide bonds. The normalized spacial score (nSPS) is 10.9. The Morgan fingerprint density at radius 2 is 1.72 bits per heavy atom. The summed E-state index contributed by atoms with van der Waals surface area (Å²) >= 11 is 0. The van der Waals surface area contributed by atoms with E-state index >= 15 is 0 Å². The summed E-state index contributed by atoms with van der Waals surface area (Å²) in [5.74, 6) is 0.531. The second-order valence-corrected chi connectivity index (χ2v) is 6.34. The van der Waals surface area contributed by atoms with Gasteiger partial charge in [-0.25, -0.2) is 5.43 Å². The molecule has 0 fully saturated rings.